The maximum atomic E-state index is 12.3. The van der Waals surface area contributed by atoms with E-state index in [2.05, 4.69) is 24.1 Å². The number of carbonyl (C=O) groups excluding carboxylic acids is 1. The topological polar surface area (TPSA) is 77.2 Å². The predicted octanol–water partition coefficient (Wildman–Crippen LogP) is 1.58. The first-order valence-electron chi connectivity index (χ1n) is 6.43. The van der Waals surface area contributed by atoms with Gasteiger partial charge in [0, 0.05) is 18.3 Å². The minimum Gasteiger partial charge on any atom is -0.480 e. The predicted molar refractivity (Wildman–Crippen MR) is 75.2 cm³/mol. The molecule has 1 atom stereocenters. The lowest BCUT2D eigenvalue weighted by Gasteiger charge is -2.31. The first-order valence-corrected chi connectivity index (χ1v) is 6.43. The van der Waals surface area contributed by atoms with Gasteiger partial charge in [0.15, 0.2) is 0 Å². The summed E-state index contributed by atoms with van der Waals surface area (Å²) in [6, 6.07) is 3.40. The number of nitrogens with two attached hydrogens (primary N) is 1. The van der Waals surface area contributed by atoms with E-state index in [4.69, 9.17) is 10.5 Å². The zero-order valence-electron chi connectivity index (χ0n) is 12.1. The van der Waals surface area contributed by atoms with Crippen LogP contribution in [0.5, 0.6) is 5.88 Å². The van der Waals surface area contributed by atoms with Crippen molar-refractivity contribution in [3.05, 3.63) is 23.9 Å². The highest BCUT2D eigenvalue weighted by molar-refractivity contribution is 5.96. The van der Waals surface area contributed by atoms with E-state index < -0.39 is 5.54 Å². The van der Waals surface area contributed by atoms with Crippen LogP contribution in [0.1, 0.15) is 37.6 Å². The van der Waals surface area contributed by atoms with Crippen LogP contribution >= 0.6 is 0 Å². The molecular weight excluding hydrogens is 242 g/mol. The van der Waals surface area contributed by atoms with Crippen molar-refractivity contribution >= 4 is 5.91 Å². The molecule has 106 valence electrons. The van der Waals surface area contributed by atoms with Crippen LogP contribution in [0.15, 0.2) is 18.3 Å². The Morgan fingerprint density at radius 2 is 2.26 bits per heavy atom. The van der Waals surface area contributed by atoms with Crippen LogP contribution in [0.2, 0.25) is 0 Å². The van der Waals surface area contributed by atoms with Crippen molar-refractivity contribution < 1.29 is 9.53 Å². The van der Waals surface area contributed by atoms with E-state index >= 15 is 0 Å². The van der Waals surface area contributed by atoms with Crippen LogP contribution in [0.25, 0.3) is 0 Å². The second kappa shape index (κ2) is 6.52. The molecule has 1 heterocycles. The monoisotopic (exact) mass is 265 g/mol. The number of hydrogen-bond donors (Lipinski definition) is 2. The van der Waals surface area contributed by atoms with Crippen molar-refractivity contribution in [3.63, 3.8) is 0 Å². The molecule has 0 aliphatic carbocycles. The van der Waals surface area contributed by atoms with Crippen molar-refractivity contribution in [1.82, 2.24) is 10.3 Å². The highest BCUT2D eigenvalue weighted by atomic mass is 16.5. The fourth-order valence-corrected chi connectivity index (χ4v) is 2.15. The Morgan fingerprint density at radius 1 is 1.58 bits per heavy atom. The number of hydrogen-bond acceptors (Lipinski definition) is 4. The van der Waals surface area contributed by atoms with E-state index in [1.54, 1.807) is 18.3 Å². The highest BCUT2D eigenvalue weighted by Crippen LogP contribution is 2.18. The van der Waals surface area contributed by atoms with E-state index in [1.165, 1.54) is 7.11 Å². The van der Waals surface area contributed by atoms with Crippen LogP contribution in [0.3, 0.4) is 0 Å². The van der Waals surface area contributed by atoms with Crippen molar-refractivity contribution in [2.24, 2.45) is 11.7 Å². The van der Waals surface area contributed by atoms with Crippen molar-refractivity contribution in [2.75, 3.05) is 13.7 Å². The van der Waals surface area contributed by atoms with Gasteiger partial charge in [0.2, 0.25) is 5.88 Å². The smallest absolute Gasteiger partial charge is 0.257 e. The molecule has 0 aliphatic rings. The van der Waals surface area contributed by atoms with E-state index in [0.717, 1.165) is 6.42 Å². The van der Waals surface area contributed by atoms with Gasteiger partial charge in [-0.3, -0.25) is 4.79 Å². The molecule has 0 saturated heterocycles. The van der Waals surface area contributed by atoms with Crippen LogP contribution < -0.4 is 15.8 Å². The van der Waals surface area contributed by atoms with Crippen molar-refractivity contribution in [1.29, 1.82) is 0 Å². The number of ether oxygens (including phenoxy) is 1. The van der Waals surface area contributed by atoms with E-state index in [1.807, 2.05) is 6.92 Å². The van der Waals surface area contributed by atoms with Gasteiger partial charge in [0.25, 0.3) is 5.91 Å². The first kappa shape index (κ1) is 15.4. The molecule has 0 aromatic carbocycles. The third kappa shape index (κ3) is 4.21. The average Bonchev–Trinajstić information content (AvgIpc) is 2.37. The summed E-state index contributed by atoms with van der Waals surface area (Å²) in [5, 5.41) is 2.98. The van der Waals surface area contributed by atoms with Gasteiger partial charge in [-0.2, -0.15) is 0 Å². The SMILES string of the molecule is COc1ncccc1C(=O)NC(C)(CN)CC(C)C. The van der Waals surface area contributed by atoms with Crippen LogP contribution in [-0.4, -0.2) is 30.1 Å². The Morgan fingerprint density at radius 3 is 2.79 bits per heavy atom. The number of carbonyl (C=O) groups is 1. The zero-order chi connectivity index (χ0) is 14.5. The van der Waals surface area contributed by atoms with Gasteiger partial charge < -0.3 is 15.8 Å². The number of aromatic nitrogens is 1. The van der Waals surface area contributed by atoms with Crippen LogP contribution in [0, 0.1) is 5.92 Å². The van der Waals surface area contributed by atoms with E-state index in [9.17, 15) is 4.79 Å². The zero-order valence-corrected chi connectivity index (χ0v) is 12.1. The van der Waals surface area contributed by atoms with Gasteiger partial charge in [0.1, 0.15) is 5.56 Å². The summed E-state index contributed by atoms with van der Waals surface area (Å²) in [5.74, 6) is 0.562. The standard InChI is InChI=1S/C14H23N3O2/c1-10(2)8-14(3,9-15)17-12(18)11-6-5-7-16-13(11)19-4/h5-7,10H,8-9,15H2,1-4H3,(H,17,18). The molecule has 5 nitrogen and oxygen atoms in total. The van der Waals surface area contributed by atoms with Crippen molar-refractivity contribution in [3.8, 4) is 5.88 Å². The molecule has 19 heavy (non-hydrogen) atoms. The number of methoxy groups -OCH3 is 1. The molecular formula is C14H23N3O2. The Kier molecular flexibility index (Phi) is 5.30. The lowest BCUT2D eigenvalue weighted by atomic mass is 9.90. The van der Waals surface area contributed by atoms with Crippen molar-refractivity contribution in [2.45, 2.75) is 32.7 Å². The number of rotatable bonds is 6. The third-order valence-electron chi connectivity index (χ3n) is 2.93. The molecule has 3 N–H and O–H groups in total. The second-order valence-electron chi connectivity index (χ2n) is 5.38. The Balaban J connectivity index is 2.88. The summed E-state index contributed by atoms with van der Waals surface area (Å²) >= 11 is 0. The van der Waals surface area contributed by atoms with Gasteiger partial charge in [-0.15, -0.1) is 0 Å². The molecule has 0 radical (unpaired) electrons. The molecule has 0 bridgehead atoms. The molecule has 1 rings (SSSR count). The molecule has 0 fully saturated rings. The molecule has 0 saturated carbocycles. The van der Waals surface area contributed by atoms with Gasteiger partial charge in [0.05, 0.1) is 7.11 Å². The van der Waals surface area contributed by atoms with Gasteiger partial charge in [-0.25, -0.2) is 4.98 Å². The lowest BCUT2D eigenvalue weighted by Crippen LogP contribution is -2.52. The molecule has 0 aliphatic heterocycles. The van der Waals surface area contributed by atoms with Crippen LogP contribution in [-0.2, 0) is 0 Å². The maximum absolute atomic E-state index is 12.3. The minimum absolute atomic E-state index is 0.210. The third-order valence-corrected chi connectivity index (χ3v) is 2.93. The molecule has 5 heteroatoms. The summed E-state index contributed by atoms with van der Waals surface area (Å²) in [5.41, 5.74) is 5.79. The molecule has 1 amide bonds. The molecule has 1 aromatic rings. The summed E-state index contributed by atoms with van der Waals surface area (Å²) in [4.78, 5) is 16.3. The minimum atomic E-state index is -0.425. The lowest BCUT2D eigenvalue weighted by molar-refractivity contribution is 0.0894. The first-order chi connectivity index (χ1) is 8.91. The fourth-order valence-electron chi connectivity index (χ4n) is 2.15. The van der Waals surface area contributed by atoms with E-state index in [0.29, 0.717) is 23.9 Å². The quantitative estimate of drug-likeness (QED) is 0.818. The largest absolute Gasteiger partial charge is 0.480 e. The van der Waals surface area contributed by atoms with E-state index in [-0.39, 0.29) is 5.91 Å². The average molecular weight is 265 g/mol. The van der Waals surface area contributed by atoms with Gasteiger partial charge >= 0.3 is 0 Å². The Bertz CT molecular complexity index is 434. The van der Waals surface area contributed by atoms with Crippen LogP contribution in [0.4, 0.5) is 0 Å². The number of nitrogens with one attached hydrogen (secondary N) is 1. The number of amides is 1. The summed E-state index contributed by atoms with van der Waals surface area (Å²) in [6.07, 6.45) is 2.41. The highest BCUT2D eigenvalue weighted by Gasteiger charge is 2.27. The summed E-state index contributed by atoms with van der Waals surface area (Å²) in [6.45, 7) is 6.54. The number of pyridine rings is 1. The Labute approximate surface area is 114 Å². The molecule has 1 unspecified atom stereocenters. The second-order valence-corrected chi connectivity index (χ2v) is 5.38. The fraction of sp³-hybridized carbons (Fsp3) is 0.571. The summed E-state index contributed by atoms with van der Waals surface area (Å²) < 4.78 is 5.09. The van der Waals surface area contributed by atoms with Gasteiger partial charge in [-0.05, 0) is 31.4 Å². The summed E-state index contributed by atoms with van der Waals surface area (Å²) in [7, 11) is 1.50. The number of nitrogens with zero attached hydrogens (tertiary/aromatic N) is 1. The molecule has 0 spiro atoms. The molecule has 1 aromatic heterocycles. The maximum Gasteiger partial charge on any atom is 0.257 e. The normalized spacial score (nSPS) is 14.0. The van der Waals surface area contributed by atoms with Gasteiger partial charge in [-0.1, -0.05) is 13.8 Å². The Hall–Kier alpha value is -1.62.